The summed E-state index contributed by atoms with van der Waals surface area (Å²) in [6.45, 7) is 7.72. The molecule has 0 unspecified atom stereocenters. The van der Waals surface area contributed by atoms with Crippen molar-refractivity contribution in [1.82, 2.24) is 10.3 Å². The number of allylic oxidation sites excluding steroid dienone is 1. The van der Waals surface area contributed by atoms with Gasteiger partial charge in [0.05, 0.1) is 23.4 Å². The Balaban J connectivity index is 1.64. The molecule has 1 aliphatic rings. The fourth-order valence-electron chi connectivity index (χ4n) is 4.31. The maximum Gasteiger partial charge on any atom is 0.413 e. The van der Waals surface area contributed by atoms with E-state index in [0.29, 0.717) is 22.9 Å². The number of nitrogens with zero attached hydrogens (tertiary/aromatic N) is 1. The number of hydrogen-bond donors (Lipinski definition) is 1. The maximum atomic E-state index is 13.2. The van der Waals surface area contributed by atoms with Crippen LogP contribution in [0.5, 0.6) is 0 Å². The first kappa shape index (κ1) is 25.1. The predicted octanol–water partition coefficient (Wildman–Crippen LogP) is 5.45. The third-order valence-corrected chi connectivity index (χ3v) is 6.11. The lowest BCUT2D eigenvalue weighted by molar-refractivity contribution is -0.123. The van der Waals surface area contributed by atoms with Crippen molar-refractivity contribution in [3.8, 4) is 0 Å². The van der Waals surface area contributed by atoms with Gasteiger partial charge in [0.15, 0.2) is 6.61 Å². The predicted molar refractivity (Wildman–Crippen MR) is 139 cm³/mol. The standard InChI is InChI=1S/C29H30N2O5/c1-5-35-28(34)31-24(32)17-36-27(33)25-21-8-6-7-9-23(21)30-26-19(12-15-22(25)26)16-18-10-13-20(14-11-18)29(2,3)4/h6-11,13-14,16H,5,12,15,17H2,1-4H3,(H,31,32,34). The van der Waals surface area contributed by atoms with Crippen molar-refractivity contribution < 1.29 is 23.9 Å². The summed E-state index contributed by atoms with van der Waals surface area (Å²) in [5.74, 6) is -1.38. The van der Waals surface area contributed by atoms with Gasteiger partial charge in [0, 0.05) is 5.39 Å². The van der Waals surface area contributed by atoms with Gasteiger partial charge in [-0.3, -0.25) is 10.1 Å². The number of alkyl carbamates (subject to hydrolysis) is 1. The molecular weight excluding hydrogens is 456 g/mol. The maximum absolute atomic E-state index is 13.2. The summed E-state index contributed by atoms with van der Waals surface area (Å²) in [4.78, 5) is 41.5. The van der Waals surface area contributed by atoms with E-state index in [9.17, 15) is 14.4 Å². The number of fused-ring (bicyclic) bond motifs is 2. The molecule has 0 fully saturated rings. The van der Waals surface area contributed by atoms with E-state index in [1.165, 1.54) is 5.56 Å². The van der Waals surface area contributed by atoms with Crippen LogP contribution in [0.4, 0.5) is 4.79 Å². The highest BCUT2D eigenvalue weighted by molar-refractivity contribution is 6.07. The highest BCUT2D eigenvalue weighted by Crippen LogP contribution is 2.38. The second-order valence-corrected chi connectivity index (χ2v) is 9.72. The van der Waals surface area contributed by atoms with E-state index < -0.39 is 24.6 Å². The largest absolute Gasteiger partial charge is 0.452 e. The summed E-state index contributed by atoms with van der Waals surface area (Å²) in [7, 11) is 0. The minimum Gasteiger partial charge on any atom is -0.452 e. The normalized spacial score (nSPS) is 13.9. The summed E-state index contributed by atoms with van der Waals surface area (Å²) < 4.78 is 9.97. The lowest BCUT2D eigenvalue weighted by Crippen LogP contribution is -2.34. The van der Waals surface area contributed by atoms with Gasteiger partial charge in [0.25, 0.3) is 5.91 Å². The number of imide groups is 1. The third kappa shape index (κ3) is 5.46. The van der Waals surface area contributed by atoms with E-state index in [1.54, 1.807) is 6.92 Å². The number of hydrogen-bond acceptors (Lipinski definition) is 6. The van der Waals surface area contributed by atoms with Crippen LogP contribution in [0.1, 0.15) is 66.9 Å². The van der Waals surface area contributed by atoms with Crippen molar-refractivity contribution in [3.63, 3.8) is 0 Å². The van der Waals surface area contributed by atoms with Crippen LogP contribution in [0, 0.1) is 0 Å². The minimum absolute atomic E-state index is 0.0780. The number of nitrogens with one attached hydrogen (secondary N) is 1. The third-order valence-electron chi connectivity index (χ3n) is 6.11. The van der Waals surface area contributed by atoms with Crippen LogP contribution in [-0.2, 0) is 26.1 Å². The highest BCUT2D eigenvalue weighted by Gasteiger charge is 2.28. The van der Waals surface area contributed by atoms with Crippen molar-refractivity contribution >= 4 is 40.5 Å². The number of benzene rings is 2. The molecule has 2 aromatic carbocycles. The molecule has 1 N–H and O–H groups in total. The smallest absolute Gasteiger partial charge is 0.413 e. The average Bonchev–Trinajstić information content (AvgIpc) is 3.22. The quantitative estimate of drug-likeness (QED) is 0.482. The van der Waals surface area contributed by atoms with Crippen molar-refractivity contribution in [1.29, 1.82) is 0 Å². The molecule has 0 aliphatic heterocycles. The molecule has 1 aromatic heterocycles. The van der Waals surface area contributed by atoms with Crippen molar-refractivity contribution in [2.24, 2.45) is 0 Å². The molecule has 3 aromatic rings. The van der Waals surface area contributed by atoms with E-state index >= 15 is 0 Å². The van der Waals surface area contributed by atoms with Gasteiger partial charge in [0.2, 0.25) is 0 Å². The van der Waals surface area contributed by atoms with E-state index in [-0.39, 0.29) is 12.0 Å². The van der Waals surface area contributed by atoms with Gasteiger partial charge in [-0.1, -0.05) is 63.2 Å². The first-order valence-corrected chi connectivity index (χ1v) is 12.0. The summed E-state index contributed by atoms with van der Waals surface area (Å²) in [6, 6.07) is 15.9. The molecule has 0 saturated carbocycles. The van der Waals surface area contributed by atoms with Gasteiger partial charge in [-0.15, -0.1) is 0 Å². The SMILES string of the molecule is CCOC(=O)NC(=O)COC(=O)c1c2c(nc3ccccc13)C(=Cc1ccc(C(C)(C)C)cc1)CC2. The van der Waals surface area contributed by atoms with Gasteiger partial charge in [-0.25, -0.2) is 14.6 Å². The van der Waals surface area contributed by atoms with Gasteiger partial charge < -0.3 is 9.47 Å². The molecule has 7 heteroatoms. The first-order chi connectivity index (χ1) is 17.2. The van der Waals surface area contributed by atoms with E-state index in [0.717, 1.165) is 28.8 Å². The first-order valence-electron chi connectivity index (χ1n) is 12.0. The van der Waals surface area contributed by atoms with Crippen molar-refractivity contribution in [2.45, 2.75) is 46.0 Å². The molecule has 0 bridgehead atoms. The number of aromatic nitrogens is 1. The molecule has 0 saturated heterocycles. The van der Waals surface area contributed by atoms with Crippen LogP contribution < -0.4 is 5.32 Å². The summed E-state index contributed by atoms with van der Waals surface area (Å²) in [6.07, 6.45) is 2.61. The molecule has 1 aliphatic carbocycles. The lowest BCUT2D eigenvalue weighted by Gasteiger charge is -2.18. The fourth-order valence-corrected chi connectivity index (χ4v) is 4.31. The van der Waals surface area contributed by atoms with Crippen LogP contribution in [0.3, 0.4) is 0 Å². The number of pyridine rings is 1. The second kappa shape index (κ2) is 10.3. The molecule has 1 heterocycles. The zero-order chi connectivity index (χ0) is 25.9. The zero-order valence-electron chi connectivity index (χ0n) is 21.0. The van der Waals surface area contributed by atoms with Crippen molar-refractivity contribution in [3.05, 3.63) is 76.5 Å². The van der Waals surface area contributed by atoms with Gasteiger partial charge in [0.1, 0.15) is 0 Å². The molecule has 7 nitrogen and oxygen atoms in total. The molecule has 0 atom stereocenters. The van der Waals surface area contributed by atoms with E-state index in [4.69, 9.17) is 9.72 Å². The Morgan fingerprint density at radius 2 is 1.72 bits per heavy atom. The van der Waals surface area contributed by atoms with E-state index in [1.807, 2.05) is 29.6 Å². The van der Waals surface area contributed by atoms with Crippen LogP contribution in [0.25, 0.3) is 22.6 Å². The second-order valence-electron chi connectivity index (χ2n) is 9.72. The number of ether oxygens (including phenoxy) is 2. The lowest BCUT2D eigenvalue weighted by atomic mass is 9.86. The molecule has 4 rings (SSSR count). The number of carbonyl (C=O) groups excluding carboxylic acids is 3. The van der Waals surface area contributed by atoms with Crippen LogP contribution >= 0.6 is 0 Å². The van der Waals surface area contributed by atoms with Gasteiger partial charge >= 0.3 is 12.1 Å². The van der Waals surface area contributed by atoms with E-state index in [2.05, 4.69) is 55.8 Å². The Morgan fingerprint density at radius 1 is 1.00 bits per heavy atom. The average molecular weight is 487 g/mol. The Morgan fingerprint density at radius 3 is 2.42 bits per heavy atom. The summed E-state index contributed by atoms with van der Waals surface area (Å²) in [5.41, 5.74) is 6.13. The van der Waals surface area contributed by atoms with Gasteiger partial charge in [-0.2, -0.15) is 0 Å². The topological polar surface area (TPSA) is 94.6 Å². The molecule has 2 amide bonds. The number of carbonyl (C=O) groups is 3. The monoisotopic (exact) mass is 486 g/mol. The molecule has 0 spiro atoms. The zero-order valence-corrected chi connectivity index (χ0v) is 21.0. The van der Waals surface area contributed by atoms with Crippen LogP contribution in [-0.4, -0.2) is 36.2 Å². The molecule has 0 radical (unpaired) electrons. The Bertz CT molecular complexity index is 1350. The fraction of sp³-hybridized carbons (Fsp3) is 0.310. The summed E-state index contributed by atoms with van der Waals surface area (Å²) in [5, 5.41) is 2.70. The number of para-hydroxylation sites is 1. The molecule has 186 valence electrons. The Labute approximate surface area is 210 Å². The molecule has 36 heavy (non-hydrogen) atoms. The van der Waals surface area contributed by atoms with Crippen LogP contribution in [0.15, 0.2) is 48.5 Å². The Kier molecular flexibility index (Phi) is 7.20. The number of amides is 2. The summed E-state index contributed by atoms with van der Waals surface area (Å²) >= 11 is 0. The number of esters is 1. The Hall–Kier alpha value is -4.00. The van der Waals surface area contributed by atoms with Gasteiger partial charge in [-0.05, 0) is 59.6 Å². The van der Waals surface area contributed by atoms with Crippen molar-refractivity contribution in [2.75, 3.05) is 13.2 Å². The minimum atomic E-state index is -0.876. The number of rotatable bonds is 5. The molecular formula is C29H30N2O5. The highest BCUT2D eigenvalue weighted by atomic mass is 16.6. The van der Waals surface area contributed by atoms with Crippen LogP contribution in [0.2, 0.25) is 0 Å².